The predicted molar refractivity (Wildman–Crippen MR) is 58.4 cm³/mol. The molecule has 1 aromatic carbocycles. The number of para-hydroxylation sites is 1. The summed E-state index contributed by atoms with van der Waals surface area (Å²) >= 11 is 0. The van der Waals surface area contributed by atoms with Crippen LogP contribution in [0.1, 0.15) is 0 Å². The third-order valence-corrected chi connectivity index (χ3v) is 1.86. The molecule has 15 heavy (non-hydrogen) atoms. The lowest BCUT2D eigenvalue weighted by Gasteiger charge is -2.07. The van der Waals surface area contributed by atoms with Crippen molar-refractivity contribution in [3.8, 4) is 0 Å². The van der Waals surface area contributed by atoms with Gasteiger partial charge in [0.2, 0.25) is 0 Å². The smallest absolute Gasteiger partial charge is 0.181 e. The molecule has 0 unspecified atom stereocenters. The number of hydrogen-bond donors (Lipinski definition) is 3. The average molecular weight is 202 g/mol. The summed E-state index contributed by atoms with van der Waals surface area (Å²) in [7, 11) is 0. The highest BCUT2D eigenvalue weighted by molar-refractivity contribution is 5.75. The Balaban J connectivity index is 2.29. The summed E-state index contributed by atoms with van der Waals surface area (Å²) in [6.45, 7) is 0. The molecule has 0 aliphatic carbocycles. The van der Waals surface area contributed by atoms with Crippen LogP contribution in [0.15, 0.2) is 30.3 Å². The topological polar surface area (TPSA) is 103 Å². The van der Waals surface area contributed by atoms with Crippen molar-refractivity contribution < 1.29 is 0 Å². The van der Waals surface area contributed by atoms with E-state index in [4.69, 9.17) is 11.5 Å². The Kier molecular flexibility index (Phi) is 2.32. The third kappa shape index (κ3) is 1.93. The number of benzene rings is 1. The molecule has 0 amide bonds. The van der Waals surface area contributed by atoms with Crippen molar-refractivity contribution >= 4 is 23.0 Å². The molecule has 0 fully saturated rings. The molecule has 6 heteroatoms. The van der Waals surface area contributed by atoms with Crippen molar-refractivity contribution in [2.24, 2.45) is 0 Å². The fraction of sp³-hybridized carbons (Fsp3) is 0. The first-order valence-electron chi connectivity index (χ1n) is 4.34. The van der Waals surface area contributed by atoms with Gasteiger partial charge in [0.25, 0.3) is 0 Å². The molecule has 5 N–H and O–H groups in total. The van der Waals surface area contributed by atoms with Gasteiger partial charge in [0.1, 0.15) is 5.69 Å². The van der Waals surface area contributed by atoms with Crippen molar-refractivity contribution in [1.29, 1.82) is 0 Å². The Bertz CT molecular complexity index is 455. The lowest BCUT2D eigenvalue weighted by Crippen LogP contribution is -2.06. The molecular weight excluding hydrogens is 192 g/mol. The van der Waals surface area contributed by atoms with Crippen LogP contribution in [0.2, 0.25) is 0 Å². The van der Waals surface area contributed by atoms with Gasteiger partial charge >= 0.3 is 0 Å². The Morgan fingerprint density at radius 2 is 1.73 bits per heavy atom. The van der Waals surface area contributed by atoms with Gasteiger partial charge in [0, 0.05) is 5.69 Å². The number of nitrogens with two attached hydrogens (primary N) is 2. The second-order valence-electron chi connectivity index (χ2n) is 2.93. The van der Waals surface area contributed by atoms with Crippen molar-refractivity contribution in [3.63, 3.8) is 0 Å². The van der Waals surface area contributed by atoms with Gasteiger partial charge in [-0.25, -0.2) is 0 Å². The fourth-order valence-electron chi connectivity index (χ4n) is 1.09. The van der Waals surface area contributed by atoms with Crippen LogP contribution < -0.4 is 16.8 Å². The van der Waals surface area contributed by atoms with Crippen molar-refractivity contribution in [3.05, 3.63) is 30.3 Å². The molecule has 0 saturated carbocycles. The van der Waals surface area contributed by atoms with E-state index in [1.54, 1.807) is 0 Å². The van der Waals surface area contributed by atoms with Gasteiger partial charge in [-0.2, -0.15) is 0 Å². The zero-order chi connectivity index (χ0) is 10.7. The molecule has 0 bridgehead atoms. The first kappa shape index (κ1) is 9.20. The number of nitrogen functional groups attached to an aromatic ring is 2. The number of nitrogens with one attached hydrogen (secondary N) is 1. The van der Waals surface area contributed by atoms with Crippen molar-refractivity contribution in [2.75, 3.05) is 16.8 Å². The van der Waals surface area contributed by atoms with Crippen LogP contribution in [0.4, 0.5) is 23.0 Å². The number of aromatic nitrogens is 3. The van der Waals surface area contributed by atoms with E-state index in [1.165, 1.54) is 0 Å². The number of hydrogen-bond acceptors (Lipinski definition) is 6. The molecule has 6 nitrogen and oxygen atoms in total. The molecule has 0 atom stereocenters. The van der Waals surface area contributed by atoms with E-state index in [9.17, 15) is 0 Å². The lowest BCUT2D eigenvalue weighted by atomic mass is 10.3. The maximum Gasteiger partial charge on any atom is 0.181 e. The number of nitrogens with zero attached hydrogens (tertiary/aromatic N) is 3. The summed E-state index contributed by atoms with van der Waals surface area (Å²) in [4.78, 5) is 0. The quantitative estimate of drug-likeness (QED) is 0.665. The average Bonchev–Trinajstić information content (AvgIpc) is 2.26. The minimum Gasteiger partial charge on any atom is -0.393 e. The van der Waals surface area contributed by atoms with E-state index in [2.05, 4.69) is 20.7 Å². The van der Waals surface area contributed by atoms with E-state index in [0.29, 0.717) is 11.5 Å². The minimum absolute atomic E-state index is 0.170. The van der Waals surface area contributed by atoms with Gasteiger partial charge in [-0.15, -0.1) is 10.2 Å². The first-order chi connectivity index (χ1) is 7.27. The molecule has 76 valence electrons. The summed E-state index contributed by atoms with van der Waals surface area (Å²) in [5.41, 5.74) is 12.3. The second kappa shape index (κ2) is 3.79. The molecule has 2 aromatic rings. The largest absolute Gasteiger partial charge is 0.393 e. The van der Waals surface area contributed by atoms with E-state index < -0.39 is 0 Å². The fourth-order valence-corrected chi connectivity index (χ4v) is 1.09. The maximum absolute atomic E-state index is 5.68. The molecule has 1 aromatic heterocycles. The normalized spacial score (nSPS) is 9.87. The van der Waals surface area contributed by atoms with Gasteiger partial charge in [0.05, 0.1) is 0 Å². The maximum atomic E-state index is 5.68. The van der Waals surface area contributed by atoms with Gasteiger partial charge in [-0.1, -0.05) is 18.2 Å². The Morgan fingerprint density at radius 1 is 1.00 bits per heavy atom. The molecule has 0 radical (unpaired) electrons. The van der Waals surface area contributed by atoms with Gasteiger partial charge in [0.15, 0.2) is 11.6 Å². The van der Waals surface area contributed by atoms with Crippen molar-refractivity contribution in [1.82, 2.24) is 15.4 Å². The van der Waals surface area contributed by atoms with Crippen LogP contribution in [0.5, 0.6) is 0 Å². The first-order valence-corrected chi connectivity index (χ1v) is 4.34. The Hall–Kier alpha value is -2.37. The van der Waals surface area contributed by atoms with E-state index in [0.717, 1.165) is 5.69 Å². The van der Waals surface area contributed by atoms with Gasteiger partial charge in [-0.05, 0) is 17.3 Å². The molecule has 0 aliphatic heterocycles. The molecule has 0 saturated heterocycles. The molecule has 1 heterocycles. The van der Waals surface area contributed by atoms with Crippen LogP contribution >= 0.6 is 0 Å². The lowest BCUT2D eigenvalue weighted by molar-refractivity contribution is 0.882. The highest BCUT2D eigenvalue weighted by Gasteiger charge is 2.05. The SMILES string of the molecule is Nc1nnnc(Nc2ccccc2)c1N. The summed E-state index contributed by atoms with van der Waals surface area (Å²) in [5.74, 6) is 0.581. The minimum atomic E-state index is 0.170. The monoisotopic (exact) mass is 202 g/mol. The van der Waals surface area contributed by atoms with Gasteiger partial charge in [-0.3, -0.25) is 0 Å². The summed E-state index contributed by atoms with van der Waals surface area (Å²) < 4.78 is 0. The summed E-state index contributed by atoms with van der Waals surface area (Å²) in [6.07, 6.45) is 0. The second-order valence-corrected chi connectivity index (χ2v) is 2.93. The Morgan fingerprint density at radius 3 is 2.47 bits per heavy atom. The molecule has 0 aliphatic rings. The van der Waals surface area contributed by atoms with Crippen LogP contribution in [0.3, 0.4) is 0 Å². The van der Waals surface area contributed by atoms with Gasteiger partial charge < -0.3 is 16.8 Å². The summed E-state index contributed by atoms with van der Waals surface area (Å²) in [6, 6.07) is 9.49. The zero-order valence-electron chi connectivity index (χ0n) is 7.88. The Labute approximate surface area is 86.3 Å². The zero-order valence-corrected chi connectivity index (χ0v) is 7.88. The van der Waals surface area contributed by atoms with Crippen LogP contribution in [-0.2, 0) is 0 Å². The molecule has 2 rings (SSSR count). The molecule has 0 spiro atoms. The van der Waals surface area contributed by atoms with E-state index >= 15 is 0 Å². The number of rotatable bonds is 2. The standard InChI is InChI=1S/C9H10N6/c10-7-8(11)13-15-14-9(7)12-6-4-2-1-3-5-6/h1-5H,(H2,10,15)(H3,11,12,13,14). The highest BCUT2D eigenvalue weighted by atomic mass is 15.4. The molecular formula is C9H10N6. The van der Waals surface area contributed by atoms with Crippen LogP contribution in [0, 0.1) is 0 Å². The predicted octanol–water partition coefficient (Wildman–Crippen LogP) is 0.780. The summed E-state index contributed by atoms with van der Waals surface area (Å²) in [5, 5.41) is 13.8. The van der Waals surface area contributed by atoms with Crippen LogP contribution in [-0.4, -0.2) is 15.4 Å². The van der Waals surface area contributed by atoms with Crippen molar-refractivity contribution in [2.45, 2.75) is 0 Å². The van der Waals surface area contributed by atoms with Crippen LogP contribution in [0.25, 0.3) is 0 Å². The number of anilines is 4. The van der Waals surface area contributed by atoms with E-state index in [1.807, 2.05) is 30.3 Å². The third-order valence-electron chi connectivity index (χ3n) is 1.86. The highest BCUT2D eigenvalue weighted by Crippen LogP contribution is 2.22. The van der Waals surface area contributed by atoms with E-state index in [-0.39, 0.29) is 5.82 Å².